The fourth-order valence-corrected chi connectivity index (χ4v) is 1.73. The molecule has 112 valence electrons. The van der Waals surface area contributed by atoms with Crippen LogP contribution in [0.25, 0.3) is 0 Å². The van der Waals surface area contributed by atoms with E-state index in [1.807, 2.05) is 13.8 Å². The van der Waals surface area contributed by atoms with Gasteiger partial charge in [-0.3, -0.25) is 9.59 Å². The van der Waals surface area contributed by atoms with Gasteiger partial charge in [-0.2, -0.15) is 5.10 Å². The summed E-state index contributed by atoms with van der Waals surface area (Å²) < 4.78 is 10.4. The van der Waals surface area contributed by atoms with Gasteiger partial charge in [0.2, 0.25) is 18.6 Å². The van der Waals surface area contributed by atoms with Crippen molar-refractivity contribution >= 4 is 18.0 Å². The highest BCUT2D eigenvalue weighted by atomic mass is 16.7. The molecular weight excluding hydrogens is 274 g/mol. The van der Waals surface area contributed by atoms with Crippen molar-refractivity contribution in [3.8, 4) is 11.5 Å². The average molecular weight is 291 g/mol. The van der Waals surface area contributed by atoms with E-state index in [4.69, 9.17) is 9.47 Å². The first-order chi connectivity index (χ1) is 10.0. The summed E-state index contributed by atoms with van der Waals surface area (Å²) in [5.74, 6) is 0.522. The first-order valence-corrected chi connectivity index (χ1v) is 6.55. The third-order valence-corrected chi connectivity index (χ3v) is 2.57. The lowest BCUT2D eigenvalue weighted by Crippen LogP contribution is -2.34. The van der Waals surface area contributed by atoms with Crippen LogP contribution in [0.3, 0.4) is 0 Å². The molecule has 1 heterocycles. The van der Waals surface area contributed by atoms with Gasteiger partial charge in [0.15, 0.2) is 11.5 Å². The van der Waals surface area contributed by atoms with Gasteiger partial charge in [-0.25, -0.2) is 5.43 Å². The molecule has 0 saturated carbocycles. The van der Waals surface area contributed by atoms with Crippen LogP contribution >= 0.6 is 0 Å². The van der Waals surface area contributed by atoms with Crippen LogP contribution in [-0.4, -0.2) is 30.9 Å². The zero-order valence-electron chi connectivity index (χ0n) is 11.9. The number of nitrogens with zero attached hydrogens (tertiary/aromatic N) is 1. The van der Waals surface area contributed by atoms with Crippen LogP contribution in [0.2, 0.25) is 0 Å². The molecule has 0 spiro atoms. The van der Waals surface area contributed by atoms with E-state index in [1.54, 1.807) is 18.2 Å². The second-order valence-corrected chi connectivity index (χ2v) is 4.80. The zero-order valence-corrected chi connectivity index (χ0v) is 11.9. The first-order valence-electron chi connectivity index (χ1n) is 6.55. The highest BCUT2D eigenvalue weighted by Gasteiger charge is 2.12. The summed E-state index contributed by atoms with van der Waals surface area (Å²) in [7, 11) is 0. The lowest BCUT2D eigenvalue weighted by Gasteiger charge is -2.06. The van der Waals surface area contributed by atoms with E-state index in [0.29, 0.717) is 11.5 Å². The number of rotatable bonds is 5. The van der Waals surface area contributed by atoms with Crippen molar-refractivity contribution < 1.29 is 19.1 Å². The molecule has 21 heavy (non-hydrogen) atoms. The number of amides is 2. The molecule has 2 N–H and O–H groups in total. The van der Waals surface area contributed by atoms with Gasteiger partial charge in [0.05, 0.1) is 6.21 Å². The third kappa shape index (κ3) is 4.48. The van der Waals surface area contributed by atoms with Crippen LogP contribution in [0, 0.1) is 0 Å². The number of carbonyl (C=O) groups is 2. The van der Waals surface area contributed by atoms with Crippen molar-refractivity contribution in [2.24, 2.45) is 5.10 Å². The maximum atomic E-state index is 11.5. The van der Waals surface area contributed by atoms with Crippen molar-refractivity contribution in [3.05, 3.63) is 23.8 Å². The highest BCUT2D eigenvalue weighted by Crippen LogP contribution is 2.31. The van der Waals surface area contributed by atoms with Crippen molar-refractivity contribution in [2.75, 3.05) is 6.79 Å². The van der Waals surface area contributed by atoms with Gasteiger partial charge >= 0.3 is 0 Å². The normalized spacial score (nSPS) is 12.7. The van der Waals surface area contributed by atoms with Crippen LogP contribution in [0.15, 0.2) is 23.3 Å². The number of fused-ring (bicyclic) bond motifs is 1. The highest BCUT2D eigenvalue weighted by molar-refractivity contribution is 5.97. The van der Waals surface area contributed by atoms with E-state index in [2.05, 4.69) is 15.8 Å². The molecule has 0 fully saturated rings. The molecule has 1 aromatic carbocycles. The molecular formula is C14H17N3O4. The fourth-order valence-electron chi connectivity index (χ4n) is 1.73. The number of benzene rings is 1. The summed E-state index contributed by atoms with van der Waals surface area (Å²) in [6, 6.07) is 5.31. The summed E-state index contributed by atoms with van der Waals surface area (Å²) >= 11 is 0. The predicted octanol–water partition coefficient (Wildman–Crippen LogP) is 0.780. The number of hydrazone groups is 1. The van der Waals surface area contributed by atoms with E-state index < -0.39 is 5.91 Å². The van der Waals surface area contributed by atoms with Crippen LogP contribution in [0.5, 0.6) is 11.5 Å². The minimum Gasteiger partial charge on any atom is -0.454 e. The van der Waals surface area contributed by atoms with Crippen LogP contribution in [0.4, 0.5) is 0 Å². The average Bonchev–Trinajstić information content (AvgIpc) is 2.84. The Bertz CT molecular complexity index is 569. The molecule has 0 aromatic heterocycles. The van der Waals surface area contributed by atoms with Gasteiger partial charge < -0.3 is 14.8 Å². The summed E-state index contributed by atoms with van der Waals surface area (Å²) in [6.07, 6.45) is 1.22. The molecule has 0 radical (unpaired) electrons. The second-order valence-electron chi connectivity index (χ2n) is 4.80. The SMILES string of the molecule is CC(C)NC(=O)CC(=O)N/N=C/c1ccc2c(c1)OCO2. The molecule has 0 aliphatic carbocycles. The van der Waals surface area contributed by atoms with Crippen molar-refractivity contribution in [1.29, 1.82) is 0 Å². The van der Waals surface area contributed by atoms with E-state index in [-0.39, 0.29) is 25.2 Å². The quantitative estimate of drug-likeness (QED) is 0.476. The van der Waals surface area contributed by atoms with Crippen LogP contribution in [-0.2, 0) is 9.59 Å². The van der Waals surface area contributed by atoms with Crippen LogP contribution in [0.1, 0.15) is 25.8 Å². The summed E-state index contributed by atoms with van der Waals surface area (Å²) in [4.78, 5) is 22.9. The Balaban J connectivity index is 1.82. The van der Waals surface area contributed by atoms with Crippen LogP contribution < -0.4 is 20.2 Å². The third-order valence-electron chi connectivity index (χ3n) is 2.57. The van der Waals surface area contributed by atoms with E-state index in [0.717, 1.165) is 5.56 Å². The van der Waals surface area contributed by atoms with Gasteiger partial charge in [-0.05, 0) is 37.6 Å². The smallest absolute Gasteiger partial charge is 0.249 e. The molecule has 2 rings (SSSR count). The lowest BCUT2D eigenvalue weighted by molar-refractivity contribution is -0.129. The minimum absolute atomic E-state index is 0.00225. The Kier molecular flexibility index (Phi) is 4.76. The van der Waals surface area contributed by atoms with E-state index >= 15 is 0 Å². The van der Waals surface area contributed by atoms with Crippen molar-refractivity contribution in [1.82, 2.24) is 10.7 Å². The Morgan fingerprint density at radius 1 is 1.29 bits per heavy atom. The van der Waals surface area contributed by atoms with Gasteiger partial charge in [-0.15, -0.1) is 0 Å². The molecule has 0 unspecified atom stereocenters. The molecule has 0 bridgehead atoms. The molecule has 1 aliphatic rings. The maximum Gasteiger partial charge on any atom is 0.249 e. The molecule has 1 aromatic rings. The number of nitrogens with one attached hydrogen (secondary N) is 2. The van der Waals surface area contributed by atoms with E-state index in [9.17, 15) is 9.59 Å². The second kappa shape index (κ2) is 6.74. The Hall–Kier alpha value is -2.57. The molecule has 2 amide bonds. The number of hydrogen-bond acceptors (Lipinski definition) is 5. The predicted molar refractivity (Wildman–Crippen MR) is 76.2 cm³/mol. The molecule has 1 aliphatic heterocycles. The summed E-state index contributed by atoms with van der Waals surface area (Å²) in [5, 5.41) is 6.43. The zero-order chi connectivity index (χ0) is 15.2. The standard InChI is InChI=1S/C14H17N3O4/c1-9(2)16-13(18)6-14(19)17-15-7-10-3-4-11-12(5-10)21-8-20-11/h3-5,7,9H,6,8H2,1-2H3,(H,16,18)(H,17,19)/b15-7+. The van der Waals surface area contributed by atoms with Crippen molar-refractivity contribution in [3.63, 3.8) is 0 Å². The largest absolute Gasteiger partial charge is 0.454 e. The minimum atomic E-state index is -0.467. The fraction of sp³-hybridized carbons (Fsp3) is 0.357. The van der Waals surface area contributed by atoms with Gasteiger partial charge in [0.25, 0.3) is 0 Å². The molecule has 0 saturated heterocycles. The molecule has 0 atom stereocenters. The first kappa shape index (κ1) is 14.8. The van der Waals surface area contributed by atoms with Gasteiger partial charge in [0.1, 0.15) is 6.42 Å². The van der Waals surface area contributed by atoms with E-state index in [1.165, 1.54) is 6.21 Å². The van der Waals surface area contributed by atoms with Gasteiger partial charge in [0, 0.05) is 6.04 Å². The summed E-state index contributed by atoms with van der Waals surface area (Å²) in [6.45, 7) is 3.86. The number of hydrogen-bond donors (Lipinski definition) is 2. The number of carbonyl (C=O) groups excluding carboxylic acids is 2. The monoisotopic (exact) mass is 291 g/mol. The molecule has 7 nitrogen and oxygen atoms in total. The Morgan fingerprint density at radius 2 is 2.05 bits per heavy atom. The van der Waals surface area contributed by atoms with Gasteiger partial charge in [-0.1, -0.05) is 0 Å². The Labute approximate surface area is 122 Å². The van der Waals surface area contributed by atoms with Crippen molar-refractivity contribution in [2.45, 2.75) is 26.3 Å². The lowest BCUT2D eigenvalue weighted by atomic mass is 10.2. The topological polar surface area (TPSA) is 89.0 Å². The number of ether oxygens (including phenoxy) is 2. The molecule has 7 heteroatoms. The maximum absolute atomic E-state index is 11.5. The Morgan fingerprint density at radius 3 is 2.81 bits per heavy atom. The summed E-state index contributed by atoms with van der Waals surface area (Å²) in [5.41, 5.74) is 3.06.